The Morgan fingerprint density at radius 2 is 1.75 bits per heavy atom. The predicted molar refractivity (Wildman–Crippen MR) is 132 cm³/mol. The summed E-state index contributed by atoms with van der Waals surface area (Å²) in [6.07, 6.45) is 1.75. The molecule has 0 radical (unpaired) electrons. The quantitative estimate of drug-likeness (QED) is 0.293. The normalized spacial score (nSPS) is 10.4. The van der Waals surface area contributed by atoms with Crippen molar-refractivity contribution in [2.24, 2.45) is 0 Å². The summed E-state index contributed by atoms with van der Waals surface area (Å²) in [5, 5.41) is 7.95. The number of benzene rings is 1. The molecule has 1 aromatic carbocycles. The van der Waals surface area contributed by atoms with Gasteiger partial charge in [0.2, 0.25) is 5.91 Å². The molecular weight excluding hydrogens is 477 g/mol. The van der Waals surface area contributed by atoms with Crippen LogP contribution >= 0.6 is 11.3 Å². The topological polar surface area (TPSA) is 126 Å². The number of amides is 2. The van der Waals surface area contributed by atoms with Crippen molar-refractivity contribution in [3.8, 4) is 10.6 Å². The number of carbonyl (C=O) groups is 4. The van der Waals surface area contributed by atoms with Gasteiger partial charge in [-0.15, -0.1) is 17.9 Å². The van der Waals surface area contributed by atoms with E-state index in [0.29, 0.717) is 17.8 Å². The van der Waals surface area contributed by atoms with Crippen LogP contribution in [0.5, 0.6) is 0 Å². The second kappa shape index (κ2) is 13.8. The molecule has 9 nitrogen and oxygen atoms in total. The molecule has 0 bridgehead atoms. The van der Waals surface area contributed by atoms with E-state index in [1.165, 1.54) is 16.7 Å². The summed E-state index contributed by atoms with van der Waals surface area (Å²) in [6, 6.07) is 7.66. The van der Waals surface area contributed by atoms with E-state index in [1.807, 2.05) is 45.0 Å². The second-order valence-electron chi connectivity index (χ2n) is 8.46. The maximum absolute atomic E-state index is 12.4. The Kier molecular flexibility index (Phi) is 11.8. The van der Waals surface area contributed by atoms with Gasteiger partial charge < -0.3 is 24.9 Å². The SMILES string of the molecule is C=C([N-]C(=O)c1csc(-c2ccc(CCCC(=O)OC(C)(C)C)cc2)n1)C(=O)NC(=C)C(=O)OC.[Li+]. The fourth-order valence-electron chi connectivity index (χ4n) is 2.76. The molecule has 0 saturated carbocycles. The van der Waals surface area contributed by atoms with Gasteiger partial charge >= 0.3 is 30.8 Å². The Morgan fingerprint density at radius 3 is 2.33 bits per heavy atom. The van der Waals surface area contributed by atoms with Gasteiger partial charge in [0, 0.05) is 17.4 Å². The van der Waals surface area contributed by atoms with Crippen molar-refractivity contribution >= 4 is 35.1 Å². The minimum Gasteiger partial charge on any atom is -0.617 e. The Labute approximate surface area is 226 Å². The number of aromatic nitrogens is 1. The van der Waals surface area contributed by atoms with Crippen molar-refractivity contribution in [1.82, 2.24) is 10.3 Å². The van der Waals surface area contributed by atoms with E-state index in [1.54, 1.807) is 0 Å². The molecule has 2 aromatic rings. The Hall–Kier alpha value is -3.19. The molecule has 0 unspecified atom stereocenters. The maximum Gasteiger partial charge on any atom is 1.00 e. The summed E-state index contributed by atoms with van der Waals surface area (Å²) in [4.78, 5) is 51.8. The summed E-state index contributed by atoms with van der Waals surface area (Å²) in [5.74, 6) is -2.63. The molecule has 0 aliphatic carbocycles. The first kappa shape index (κ1) is 30.8. The van der Waals surface area contributed by atoms with Crippen LogP contribution in [0, 0.1) is 0 Å². The summed E-state index contributed by atoms with van der Waals surface area (Å²) < 4.78 is 9.74. The molecule has 0 aliphatic rings. The number of methoxy groups -OCH3 is 1. The van der Waals surface area contributed by atoms with E-state index in [9.17, 15) is 19.2 Å². The van der Waals surface area contributed by atoms with Crippen LogP contribution < -0.4 is 24.2 Å². The first-order valence-electron chi connectivity index (χ1n) is 10.7. The zero-order valence-corrected chi connectivity index (χ0v) is 22.0. The monoisotopic (exact) mass is 505 g/mol. The maximum atomic E-state index is 12.4. The molecule has 0 saturated heterocycles. The molecule has 0 aliphatic heterocycles. The second-order valence-corrected chi connectivity index (χ2v) is 9.32. The van der Waals surface area contributed by atoms with Gasteiger partial charge in [-0.2, -0.15) is 0 Å². The average molecular weight is 506 g/mol. The van der Waals surface area contributed by atoms with E-state index >= 15 is 0 Å². The molecule has 2 rings (SSSR count). The Morgan fingerprint density at radius 1 is 1.11 bits per heavy atom. The number of nitrogens with zero attached hydrogens (tertiary/aromatic N) is 2. The molecule has 186 valence electrons. The fourth-order valence-corrected chi connectivity index (χ4v) is 3.56. The molecule has 0 spiro atoms. The largest absolute Gasteiger partial charge is 1.00 e. The minimum atomic E-state index is -0.855. The number of hydrogen-bond acceptors (Lipinski definition) is 8. The van der Waals surface area contributed by atoms with Crippen LogP contribution in [0.3, 0.4) is 0 Å². The van der Waals surface area contributed by atoms with Gasteiger partial charge in [-0.25, -0.2) is 9.78 Å². The van der Waals surface area contributed by atoms with Crippen molar-refractivity contribution in [1.29, 1.82) is 0 Å². The average Bonchev–Trinajstić information content (AvgIpc) is 3.28. The van der Waals surface area contributed by atoms with Crippen LogP contribution in [-0.4, -0.2) is 41.4 Å². The van der Waals surface area contributed by atoms with Crippen LogP contribution in [0.15, 0.2) is 54.2 Å². The Balaban J connectivity index is 0.00000648. The third-order valence-corrected chi connectivity index (χ3v) is 5.28. The van der Waals surface area contributed by atoms with Crippen LogP contribution in [0.4, 0.5) is 0 Å². The van der Waals surface area contributed by atoms with Gasteiger partial charge in [-0.05, 0) is 39.2 Å². The summed E-state index contributed by atoms with van der Waals surface area (Å²) in [7, 11) is 1.14. The molecule has 1 N–H and O–H groups in total. The van der Waals surface area contributed by atoms with Gasteiger partial charge in [0.1, 0.15) is 22.2 Å². The van der Waals surface area contributed by atoms with E-state index in [4.69, 9.17) is 4.74 Å². The number of nitrogens with one attached hydrogen (secondary N) is 1. The number of hydrogen-bond donors (Lipinski definition) is 1. The summed E-state index contributed by atoms with van der Waals surface area (Å²) in [5.41, 5.74) is 0.758. The molecule has 11 heteroatoms. The van der Waals surface area contributed by atoms with E-state index in [2.05, 4.69) is 33.5 Å². The summed E-state index contributed by atoms with van der Waals surface area (Å²) in [6.45, 7) is 12.3. The molecule has 0 fully saturated rings. The van der Waals surface area contributed by atoms with Gasteiger partial charge in [0.05, 0.1) is 12.8 Å². The van der Waals surface area contributed by atoms with E-state index in [0.717, 1.165) is 24.7 Å². The minimum absolute atomic E-state index is 0. The third-order valence-electron chi connectivity index (χ3n) is 4.39. The number of rotatable bonds is 10. The zero-order chi connectivity index (χ0) is 26.2. The van der Waals surface area contributed by atoms with Gasteiger partial charge in [0.25, 0.3) is 0 Å². The third kappa shape index (κ3) is 9.82. The molecule has 0 atom stereocenters. The number of esters is 2. The number of thiazole rings is 1. The first-order valence-corrected chi connectivity index (χ1v) is 11.6. The van der Waals surface area contributed by atoms with Crippen LogP contribution in [0.1, 0.15) is 49.7 Å². The summed E-state index contributed by atoms with van der Waals surface area (Å²) >= 11 is 1.26. The standard InChI is InChI=1S/C25H29N3O6S.Li/c1-15(21(30)27-16(2)24(32)33-6)26-22(31)19-14-35-23(28-19)18-12-10-17(11-13-18)8-7-9-20(29)34-25(3,4)5;/h10-14H,1-2,7-9H2,3-6H3,(H2,26,27,30,31);/q;+1/p-1. The molecule has 1 aromatic heterocycles. The molecular formula is C25H28LiN3O6S. The molecule has 36 heavy (non-hydrogen) atoms. The molecule has 2 amide bonds. The van der Waals surface area contributed by atoms with Crippen molar-refractivity contribution in [3.63, 3.8) is 0 Å². The smallest absolute Gasteiger partial charge is 0.617 e. The predicted octanol–water partition coefficient (Wildman–Crippen LogP) is 1.31. The Bertz CT molecular complexity index is 1140. The van der Waals surface area contributed by atoms with Crippen molar-refractivity contribution < 1.29 is 47.5 Å². The molecule has 1 heterocycles. The van der Waals surface area contributed by atoms with Gasteiger partial charge in [-0.3, -0.25) is 9.59 Å². The number of carbonyl (C=O) groups excluding carboxylic acids is 4. The van der Waals surface area contributed by atoms with Crippen molar-refractivity contribution in [2.75, 3.05) is 7.11 Å². The van der Waals surface area contributed by atoms with Gasteiger partial charge in [0.15, 0.2) is 0 Å². The van der Waals surface area contributed by atoms with Crippen molar-refractivity contribution in [3.05, 3.63) is 70.8 Å². The van der Waals surface area contributed by atoms with Crippen molar-refractivity contribution in [2.45, 2.75) is 45.6 Å². The van der Waals surface area contributed by atoms with Crippen LogP contribution in [0.2, 0.25) is 0 Å². The first-order chi connectivity index (χ1) is 16.4. The zero-order valence-electron chi connectivity index (χ0n) is 21.2. The number of aryl methyl sites for hydroxylation is 1. The van der Waals surface area contributed by atoms with Crippen LogP contribution in [0.25, 0.3) is 15.9 Å². The van der Waals surface area contributed by atoms with Crippen LogP contribution in [-0.2, 0) is 30.3 Å². The van der Waals surface area contributed by atoms with Gasteiger partial charge in [-0.1, -0.05) is 36.5 Å². The van der Waals surface area contributed by atoms with E-state index < -0.39 is 29.1 Å². The fraction of sp³-hybridized carbons (Fsp3) is 0.320. The number of ether oxygens (including phenoxy) is 2. The van der Waals surface area contributed by atoms with E-state index in [-0.39, 0.29) is 36.2 Å².